The number of nitrogens with zero attached hydrogens (tertiary/aromatic N) is 1. The molecule has 0 radical (unpaired) electrons. The first kappa shape index (κ1) is 21.3. The molecule has 0 saturated heterocycles. The number of benzene rings is 1. The summed E-state index contributed by atoms with van der Waals surface area (Å²) in [7, 11) is 1.42. The Hall–Kier alpha value is -3.55. The summed E-state index contributed by atoms with van der Waals surface area (Å²) in [6.45, 7) is 3.40. The number of aromatic amines is 1. The van der Waals surface area contributed by atoms with Crippen molar-refractivity contribution in [2.45, 2.75) is 32.1 Å². The maximum atomic E-state index is 14.4. The highest BCUT2D eigenvalue weighted by molar-refractivity contribution is 6.07. The zero-order valence-corrected chi connectivity index (χ0v) is 18.7. The van der Waals surface area contributed by atoms with Gasteiger partial charge in [-0.15, -0.1) is 0 Å². The molecule has 5 rings (SSSR count). The van der Waals surface area contributed by atoms with Crippen LogP contribution in [-0.2, 0) is 0 Å². The molecule has 1 amide bonds. The number of fused-ring (bicyclic) bond motifs is 3. The normalized spacial score (nSPS) is 19.9. The molecule has 2 aromatic heterocycles. The number of para-hydroxylation sites is 1. The Kier molecular flexibility index (Phi) is 5.66. The molecule has 2 atom stereocenters. The van der Waals surface area contributed by atoms with E-state index in [-0.39, 0.29) is 17.6 Å². The maximum Gasteiger partial charge on any atom is 0.255 e. The number of halogens is 1. The highest BCUT2D eigenvalue weighted by Gasteiger charge is 2.34. The summed E-state index contributed by atoms with van der Waals surface area (Å²) in [6.07, 6.45) is 6.30. The van der Waals surface area contributed by atoms with E-state index in [9.17, 15) is 9.18 Å². The van der Waals surface area contributed by atoms with Crippen molar-refractivity contribution < 1.29 is 18.7 Å². The molecule has 4 heterocycles. The van der Waals surface area contributed by atoms with Crippen molar-refractivity contribution in [1.29, 1.82) is 0 Å². The number of ether oxygens (including phenoxy) is 2. The van der Waals surface area contributed by atoms with Gasteiger partial charge in [-0.2, -0.15) is 0 Å². The lowest BCUT2D eigenvalue weighted by molar-refractivity contribution is 0.0939. The highest BCUT2D eigenvalue weighted by atomic mass is 19.1. The number of pyridine rings is 1. The van der Waals surface area contributed by atoms with Crippen LogP contribution in [0.25, 0.3) is 11.3 Å². The summed E-state index contributed by atoms with van der Waals surface area (Å²) in [4.78, 5) is 20.9. The molecule has 0 aliphatic carbocycles. The smallest absolute Gasteiger partial charge is 0.255 e. The number of methoxy groups -OCH3 is 1. The standard InChI is InChI=1S/C25H27FN4O3/c1-14-6-7-15-12-28-25(31)20-21(15)30-22(16-8-10-27-13-19(16)33-11-9-14)23(20)29-18-5-3-4-17(26)24(18)32-2/h3-5,8,10,13-15,29-30H,6-7,9,11-12H2,1-2H3,(H,28,31)/t14?,15-/m0/s1. The first-order chi connectivity index (χ1) is 16.1. The number of rotatable bonds is 3. The Balaban J connectivity index is 1.72. The van der Waals surface area contributed by atoms with E-state index in [4.69, 9.17) is 9.47 Å². The lowest BCUT2D eigenvalue weighted by Crippen LogP contribution is -2.35. The van der Waals surface area contributed by atoms with Gasteiger partial charge in [-0.05, 0) is 43.4 Å². The van der Waals surface area contributed by atoms with E-state index < -0.39 is 5.82 Å². The SMILES string of the molecule is COc1c(F)cccc1Nc1c2[nH]c3c1C(=O)NC[C@@H]3CCC(C)CCOc1cnccc1-2. The number of carbonyl (C=O) groups is 1. The molecule has 3 aromatic rings. The zero-order valence-electron chi connectivity index (χ0n) is 18.7. The third kappa shape index (κ3) is 3.90. The number of amides is 1. The van der Waals surface area contributed by atoms with E-state index in [2.05, 4.69) is 27.5 Å². The average molecular weight is 451 g/mol. The third-order valence-electron chi connectivity index (χ3n) is 6.53. The number of hydrogen-bond donors (Lipinski definition) is 3. The van der Waals surface area contributed by atoms with Crippen LogP contribution >= 0.6 is 0 Å². The lowest BCUT2D eigenvalue weighted by Gasteiger charge is -2.25. The van der Waals surface area contributed by atoms with E-state index in [1.165, 1.54) is 13.2 Å². The second kappa shape index (κ2) is 8.77. The van der Waals surface area contributed by atoms with Gasteiger partial charge in [0.1, 0.15) is 5.75 Å². The van der Waals surface area contributed by atoms with E-state index in [0.717, 1.165) is 30.5 Å². The van der Waals surface area contributed by atoms with Crippen LogP contribution in [0.5, 0.6) is 11.5 Å². The summed E-state index contributed by atoms with van der Waals surface area (Å²) in [5.74, 6) is 0.729. The number of anilines is 2. The van der Waals surface area contributed by atoms with Crippen LogP contribution in [0.15, 0.2) is 36.7 Å². The Labute approximate surface area is 191 Å². The Morgan fingerprint density at radius 3 is 2.97 bits per heavy atom. The molecule has 8 heteroatoms. The van der Waals surface area contributed by atoms with Gasteiger partial charge in [0, 0.05) is 29.9 Å². The molecule has 2 bridgehead atoms. The monoisotopic (exact) mass is 450 g/mol. The van der Waals surface area contributed by atoms with E-state index in [0.29, 0.717) is 47.5 Å². The van der Waals surface area contributed by atoms with Gasteiger partial charge >= 0.3 is 0 Å². The second-order valence-corrected chi connectivity index (χ2v) is 8.71. The first-order valence-electron chi connectivity index (χ1n) is 11.3. The molecule has 7 nitrogen and oxygen atoms in total. The Morgan fingerprint density at radius 1 is 1.24 bits per heavy atom. The molecular weight excluding hydrogens is 423 g/mol. The molecule has 1 unspecified atom stereocenters. The first-order valence-corrected chi connectivity index (χ1v) is 11.3. The van der Waals surface area contributed by atoms with Crippen molar-refractivity contribution in [3.05, 3.63) is 53.7 Å². The van der Waals surface area contributed by atoms with Crippen molar-refractivity contribution in [1.82, 2.24) is 15.3 Å². The average Bonchev–Trinajstić information content (AvgIpc) is 3.18. The summed E-state index contributed by atoms with van der Waals surface area (Å²) in [6, 6.07) is 6.53. The minimum atomic E-state index is -0.483. The quantitative estimate of drug-likeness (QED) is 0.523. The van der Waals surface area contributed by atoms with Crippen LogP contribution in [-0.4, -0.2) is 36.1 Å². The topological polar surface area (TPSA) is 88.3 Å². The summed E-state index contributed by atoms with van der Waals surface area (Å²) in [5.41, 5.74) is 3.94. The molecule has 0 fully saturated rings. The molecule has 2 aliphatic heterocycles. The third-order valence-corrected chi connectivity index (χ3v) is 6.53. The van der Waals surface area contributed by atoms with Crippen LogP contribution in [0.1, 0.15) is 48.2 Å². The number of aromatic nitrogens is 2. The van der Waals surface area contributed by atoms with Gasteiger partial charge in [0.25, 0.3) is 5.91 Å². The van der Waals surface area contributed by atoms with Crippen molar-refractivity contribution in [2.24, 2.45) is 5.92 Å². The van der Waals surface area contributed by atoms with Crippen LogP contribution in [0.3, 0.4) is 0 Å². The van der Waals surface area contributed by atoms with Gasteiger partial charge in [0.05, 0.1) is 42.5 Å². The molecular formula is C25H27FN4O3. The van der Waals surface area contributed by atoms with Gasteiger partial charge in [-0.25, -0.2) is 4.39 Å². The molecule has 1 aromatic carbocycles. The van der Waals surface area contributed by atoms with Gasteiger partial charge in [0.2, 0.25) is 0 Å². The fourth-order valence-corrected chi connectivity index (χ4v) is 4.69. The van der Waals surface area contributed by atoms with Crippen molar-refractivity contribution in [3.63, 3.8) is 0 Å². The fourth-order valence-electron chi connectivity index (χ4n) is 4.69. The minimum Gasteiger partial charge on any atom is -0.492 e. The van der Waals surface area contributed by atoms with Gasteiger partial charge in [-0.3, -0.25) is 9.78 Å². The number of nitrogens with one attached hydrogen (secondary N) is 3. The van der Waals surface area contributed by atoms with Crippen molar-refractivity contribution >= 4 is 17.3 Å². The molecule has 172 valence electrons. The van der Waals surface area contributed by atoms with Crippen LogP contribution in [0.2, 0.25) is 0 Å². The molecule has 33 heavy (non-hydrogen) atoms. The van der Waals surface area contributed by atoms with Gasteiger partial charge in [-0.1, -0.05) is 13.0 Å². The van der Waals surface area contributed by atoms with Crippen molar-refractivity contribution in [2.75, 3.05) is 25.6 Å². The highest BCUT2D eigenvalue weighted by Crippen LogP contribution is 2.44. The summed E-state index contributed by atoms with van der Waals surface area (Å²) >= 11 is 0. The van der Waals surface area contributed by atoms with Crippen LogP contribution < -0.4 is 20.1 Å². The number of carbonyl (C=O) groups excluding carboxylic acids is 1. The number of H-pyrrole nitrogens is 1. The van der Waals surface area contributed by atoms with E-state index >= 15 is 0 Å². The predicted molar refractivity (Wildman–Crippen MR) is 124 cm³/mol. The van der Waals surface area contributed by atoms with Crippen LogP contribution in [0, 0.1) is 11.7 Å². The van der Waals surface area contributed by atoms with Crippen molar-refractivity contribution in [3.8, 4) is 22.8 Å². The largest absolute Gasteiger partial charge is 0.492 e. The fraction of sp³-hybridized carbons (Fsp3) is 0.360. The predicted octanol–water partition coefficient (Wildman–Crippen LogP) is 4.99. The molecule has 0 saturated carbocycles. The Bertz CT molecular complexity index is 1190. The molecule has 2 aliphatic rings. The zero-order chi connectivity index (χ0) is 22.9. The molecule has 3 N–H and O–H groups in total. The van der Waals surface area contributed by atoms with E-state index in [1.54, 1.807) is 24.5 Å². The van der Waals surface area contributed by atoms with E-state index in [1.807, 2.05) is 6.07 Å². The maximum absolute atomic E-state index is 14.4. The summed E-state index contributed by atoms with van der Waals surface area (Å²) < 4.78 is 25.8. The molecule has 0 spiro atoms. The second-order valence-electron chi connectivity index (χ2n) is 8.71. The van der Waals surface area contributed by atoms with Gasteiger partial charge < -0.3 is 25.1 Å². The van der Waals surface area contributed by atoms with Crippen LogP contribution in [0.4, 0.5) is 15.8 Å². The lowest BCUT2D eigenvalue weighted by atomic mass is 9.89. The van der Waals surface area contributed by atoms with Gasteiger partial charge in [0.15, 0.2) is 11.6 Å². The summed E-state index contributed by atoms with van der Waals surface area (Å²) in [5, 5.41) is 6.34. The number of hydrogen-bond acceptors (Lipinski definition) is 5. The Morgan fingerprint density at radius 2 is 2.12 bits per heavy atom. The minimum absolute atomic E-state index is 0.0871.